The minimum atomic E-state index is -4.85. The Kier molecular flexibility index (Phi) is 3.91. The topological polar surface area (TPSA) is 92.8 Å². The smallest absolute Gasteiger partial charge is 0.438 e. The highest BCUT2D eigenvalue weighted by atomic mass is 19.4. The molecule has 3 aromatic heterocycles. The Hall–Kier alpha value is -3.70. The van der Waals surface area contributed by atoms with Crippen molar-refractivity contribution in [3.8, 4) is 0 Å². The van der Waals surface area contributed by atoms with Gasteiger partial charge in [-0.1, -0.05) is 0 Å². The lowest BCUT2D eigenvalue weighted by Crippen LogP contribution is -2.42. The number of hydrogen-bond donors (Lipinski definition) is 1. The molecule has 0 spiro atoms. The summed E-state index contributed by atoms with van der Waals surface area (Å²) in [5.41, 5.74) is 0.970. The van der Waals surface area contributed by atoms with E-state index < -0.39 is 29.8 Å². The van der Waals surface area contributed by atoms with Gasteiger partial charge in [0.15, 0.2) is 11.6 Å². The van der Waals surface area contributed by atoms with Crippen molar-refractivity contribution in [2.24, 2.45) is 0 Å². The van der Waals surface area contributed by atoms with Gasteiger partial charge in [0, 0.05) is 24.7 Å². The molecule has 0 fully saturated rings. The predicted molar refractivity (Wildman–Crippen MR) is 92.7 cm³/mol. The molecular formula is C18H12F4N6O2. The molecule has 1 aliphatic heterocycles. The van der Waals surface area contributed by atoms with Gasteiger partial charge in [-0.25, -0.2) is 14.4 Å². The Balaban J connectivity index is 1.62. The lowest BCUT2D eigenvalue weighted by atomic mass is 10.0. The molecule has 1 aliphatic rings. The molecule has 4 aromatic rings. The summed E-state index contributed by atoms with van der Waals surface area (Å²) in [6, 6.07) is 3.77. The molecule has 0 unspecified atom stereocenters. The third-order valence-electron chi connectivity index (χ3n) is 4.89. The Labute approximate surface area is 165 Å². The molecule has 5 rings (SSSR count). The van der Waals surface area contributed by atoms with E-state index in [0.717, 1.165) is 18.3 Å². The summed E-state index contributed by atoms with van der Waals surface area (Å²) in [4.78, 5) is 25.8. The molecule has 4 heterocycles. The molecule has 12 heteroatoms. The molecule has 0 bridgehead atoms. The quantitative estimate of drug-likeness (QED) is 0.503. The number of carbonyl (C=O) groups is 1. The van der Waals surface area contributed by atoms with Crippen LogP contribution in [0, 0.1) is 5.82 Å². The molecule has 0 saturated carbocycles. The summed E-state index contributed by atoms with van der Waals surface area (Å²) >= 11 is 0. The van der Waals surface area contributed by atoms with Crippen molar-refractivity contribution in [1.29, 1.82) is 0 Å². The van der Waals surface area contributed by atoms with E-state index in [9.17, 15) is 22.4 Å². The van der Waals surface area contributed by atoms with E-state index in [1.807, 2.05) is 0 Å². The first-order chi connectivity index (χ1) is 14.3. The van der Waals surface area contributed by atoms with Gasteiger partial charge in [0.2, 0.25) is 5.89 Å². The number of benzene rings is 1. The first-order valence-corrected chi connectivity index (χ1v) is 8.83. The molecule has 0 aliphatic carbocycles. The first kappa shape index (κ1) is 18.3. The highest BCUT2D eigenvalue weighted by Gasteiger charge is 2.42. The number of hydrogen-bond acceptors (Lipinski definition) is 5. The lowest BCUT2D eigenvalue weighted by molar-refractivity contribution is -0.213. The standard InChI is InChI=1S/C18H12F4N6O2/c19-9-1-2-10-13(7-9)30-16(26-10)15-14-11(23-8-24-14)4-6-27(15)17(29)12-3-5-25-28(12)18(20,21)22/h1-3,5,7-8,15H,4,6H2,(H,23,24)/t15-/m0/s1. The number of H-pyrrole nitrogens is 1. The zero-order chi connectivity index (χ0) is 21.0. The molecule has 30 heavy (non-hydrogen) atoms. The third-order valence-corrected chi connectivity index (χ3v) is 4.89. The summed E-state index contributed by atoms with van der Waals surface area (Å²) in [5.74, 6) is -1.41. The number of aromatic amines is 1. The number of fused-ring (bicyclic) bond motifs is 2. The second-order valence-electron chi connectivity index (χ2n) is 6.68. The van der Waals surface area contributed by atoms with Crippen LogP contribution in [-0.2, 0) is 12.7 Å². The van der Waals surface area contributed by atoms with E-state index in [2.05, 4.69) is 20.1 Å². The fourth-order valence-electron chi connectivity index (χ4n) is 3.59. The summed E-state index contributed by atoms with van der Waals surface area (Å²) in [5, 5.41) is 3.22. The van der Waals surface area contributed by atoms with E-state index in [4.69, 9.17) is 4.42 Å². The van der Waals surface area contributed by atoms with Crippen molar-refractivity contribution < 1.29 is 26.8 Å². The van der Waals surface area contributed by atoms with Crippen LogP contribution >= 0.6 is 0 Å². The van der Waals surface area contributed by atoms with Crippen LogP contribution in [0.3, 0.4) is 0 Å². The number of oxazole rings is 1. The number of nitrogens with zero attached hydrogens (tertiary/aromatic N) is 5. The lowest BCUT2D eigenvalue weighted by Gasteiger charge is -2.33. The molecule has 154 valence electrons. The highest BCUT2D eigenvalue weighted by molar-refractivity contribution is 5.93. The molecule has 1 atom stereocenters. The largest absolute Gasteiger partial charge is 0.505 e. The summed E-state index contributed by atoms with van der Waals surface area (Å²) in [6.07, 6.45) is -2.17. The van der Waals surface area contributed by atoms with Gasteiger partial charge in [0.25, 0.3) is 5.91 Å². The van der Waals surface area contributed by atoms with E-state index >= 15 is 0 Å². The maximum atomic E-state index is 13.5. The Bertz CT molecular complexity index is 1260. The van der Waals surface area contributed by atoms with E-state index in [1.54, 1.807) is 0 Å². The van der Waals surface area contributed by atoms with Gasteiger partial charge in [0.1, 0.15) is 17.0 Å². The number of alkyl halides is 3. The summed E-state index contributed by atoms with van der Waals surface area (Å²) in [7, 11) is 0. The van der Waals surface area contributed by atoms with Crippen molar-refractivity contribution >= 4 is 17.0 Å². The summed E-state index contributed by atoms with van der Waals surface area (Å²) < 4.78 is 58.6. The molecule has 1 amide bonds. The van der Waals surface area contributed by atoms with Gasteiger partial charge in [0.05, 0.1) is 18.2 Å². The number of rotatable bonds is 2. The van der Waals surface area contributed by atoms with Crippen molar-refractivity contribution in [2.75, 3.05) is 6.54 Å². The van der Waals surface area contributed by atoms with Gasteiger partial charge >= 0.3 is 6.30 Å². The zero-order valence-electron chi connectivity index (χ0n) is 15.0. The Morgan fingerprint density at radius 3 is 2.90 bits per heavy atom. The average Bonchev–Trinajstić information content (AvgIpc) is 3.43. The van der Waals surface area contributed by atoms with Crippen LogP contribution in [0.5, 0.6) is 0 Å². The second kappa shape index (κ2) is 6.40. The van der Waals surface area contributed by atoms with Gasteiger partial charge in [-0.05, 0) is 18.2 Å². The van der Waals surface area contributed by atoms with Gasteiger partial charge in [-0.15, -0.1) is 13.2 Å². The molecule has 1 N–H and O–H groups in total. The predicted octanol–water partition coefficient (Wildman–Crippen LogP) is 3.15. The first-order valence-electron chi connectivity index (χ1n) is 8.83. The molecule has 8 nitrogen and oxygen atoms in total. The number of carbonyl (C=O) groups excluding carboxylic acids is 1. The normalized spacial score (nSPS) is 16.8. The van der Waals surface area contributed by atoms with Crippen LogP contribution in [0.4, 0.5) is 17.6 Å². The fraction of sp³-hybridized carbons (Fsp3) is 0.222. The molecule has 1 aromatic carbocycles. The second-order valence-corrected chi connectivity index (χ2v) is 6.68. The van der Waals surface area contributed by atoms with Crippen molar-refractivity contribution in [2.45, 2.75) is 18.8 Å². The van der Waals surface area contributed by atoms with Crippen LogP contribution in [0.25, 0.3) is 11.1 Å². The van der Waals surface area contributed by atoms with Crippen molar-refractivity contribution in [3.63, 3.8) is 0 Å². The van der Waals surface area contributed by atoms with Gasteiger partial charge in [-0.3, -0.25) is 4.79 Å². The number of amides is 1. The van der Waals surface area contributed by atoms with Gasteiger partial charge in [-0.2, -0.15) is 9.78 Å². The Morgan fingerprint density at radius 1 is 1.27 bits per heavy atom. The number of halogens is 4. The Morgan fingerprint density at radius 2 is 2.10 bits per heavy atom. The fourth-order valence-corrected chi connectivity index (χ4v) is 3.59. The van der Waals surface area contributed by atoms with E-state index in [1.165, 1.54) is 23.4 Å². The minimum absolute atomic E-state index is 0.0232. The number of nitrogens with one attached hydrogen (secondary N) is 1. The van der Waals surface area contributed by atoms with Crippen molar-refractivity contribution in [1.82, 2.24) is 29.6 Å². The molecular weight excluding hydrogens is 408 g/mol. The third kappa shape index (κ3) is 2.83. The molecule has 0 saturated heterocycles. The monoisotopic (exact) mass is 420 g/mol. The maximum Gasteiger partial charge on any atom is 0.505 e. The summed E-state index contributed by atoms with van der Waals surface area (Å²) in [6.45, 7) is 0.0921. The average molecular weight is 420 g/mol. The zero-order valence-corrected chi connectivity index (χ0v) is 15.0. The molecule has 0 radical (unpaired) electrons. The van der Waals surface area contributed by atoms with Crippen LogP contribution < -0.4 is 0 Å². The van der Waals surface area contributed by atoms with Crippen LogP contribution in [0.1, 0.15) is 33.8 Å². The van der Waals surface area contributed by atoms with Crippen LogP contribution in [0.15, 0.2) is 41.2 Å². The van der Waals surface area contributed by atoms with E-state index in [0.29, 0.717) is 23.3 Å². The highest BCUT2D eigenvalue weighted by Crippen LogP contribution is 2.36. The van der Waals surface area contributed by atoms with E-state index in [-0.39, 0.29) is 22.7 Å². The van der Waals surface area contributed by atoms with Gasteiger partial charge < -0.3 is 14.3 Å². The maximum absolute atomic E-state index is 13.5. The van der Waals surface area contributed by atoms with Crippen LogP contribution in [-0.4, -0.2) is 42.1 Å². The SMILES string of the molecule is O=C(c1ccnn1C(F)(F)F)N1CCc2[nH]cnc2[C@H]1c1nc2ccc(F)cc2o1. The number of aromatic nitrogens is 5. The minimum Gasteiger partial charge on any atom is -0.438 e. The van der Waals surface area contributed by atoms with Crippen LogP contribution in [0.2, 0.25) is 0 Å². The van der Waals surface area contributed by atoms with Crippen molar-refractivity contribution in [3.05, 3.63) is 65.6 Å². The number of imidazole rings is 1.